The number of ether oxygens (including phenoxy) is 1. The number of H-pyrrole nitrogens is 1. The molecule has 1 fully saturated rings. The largest absolute Gasteiger partial charge is 0.488 e. The summed E-state index contributed by atoms with van der Waals surface area (Å²) in [6, 6.07) is 17.0. The molecule has 1 unspecified atom stereocenters. The number of benzene rings is 2. The van der Waals surface area contributed by atoms with Crippen LogP contribution in [-0.2, 0) is 6.42 Å². The molecule has 2 aliphatic heterocycles. The lowest BCUT2D eigenvalue weighted by molar-refractivity contribution is 0.0202. The SMILES string of the molecule is CC.CCCN1CC(Oc2ccc(C3c4[nH]c5ccccc5c4CCN3CC(C)(C)F)cc2)C1. The van der Waals surface area contributed by atoms with Crippen LogP contribution >= 0.6 is 0 Å². The highest BCUT2D eigenvalue weighted by Gasteiger charge is 2.35. The molecule has 4 nitrogen and oxygen atoms in total. The van der Waals surface area contributed by atoms with Gasteiger partial charge in [-0.2, -0.15) is 0 Å². The minimum absolute atomic E-state index is 0.0129. The number of likely N-dealkylation sites (tertiary alicyclic amines) is 1. The Labute approximate surface area is 204 Å². The first-order valence-electron chi connectivity index (χ1n) is 12.9. The molecule has 0 radical (unpaired) electrons. The average molecular weight is 466 g/mol. The second-order valence-corrected chi connectivity index (χ2v) is 9.97. The molecule has 2 aliphatic rings. The van der Waals surface area contributed by atoms with Crippen LogP contribution in [0.4, 0.5) is 4.39 Å². The third kappa shape index (κ3) is 5.31. The van der Waals surface area contributed by atoms with Gasteiger partial charge >= 0.3 is 0 Å². The van der Waals surface area contributed by atoms with Crippen molar-refractivity contribution in [2.24, 2.45) is 0 Å². The maximum absolute atomic E-state index is 14.7. The number of nitrogens with one attached hydrogen (secondary N) is 1. The molecule has 34 heavy (non-hydrogen) atoms. The standard InChI is InChI=1S/C27H34FN3O.C2H6/c1-4-14-30-16-21(17-30)32-20-11-9-19(10-12-20)26-25-23(13-15-31(26)18-27(2,3)28)22-7-5-6-8-24(22)29-25;1-2/h5-12,21,26,29H,4,13-18H2,1-3H3;1-2H3. The molecule has 0 bridgehead atoms. The monoisotopic (exact) mass is 465 g/mol. The fourth-order valence-electron chi connectivity index (χ4n) is 5.34. The molecule has 1 aromatic heterocycles. The first-order chi connectivity index (χ1) is 16.4. The number of aromatic nitrogens is 1. The van der Waals surface area contributed by atoms with E-state index in [0.29, 0.717) is 6.54 Å². The number of nitrogens with zero attached hydrogens (tertiary/aromatic N) is 2. The number of hydrogen-bond donors (Lipinski definition) is 1. The Bertz CT molecular complexity index is 1060. The first kappa shape index (κ1) is 24.7. The fourth-order valence-corrected chi connectivity index (χ4v) is 5.34. The lowest BCUT2D eigenvalue weighted by atomic mass is 9.91. The van der Waals surface area contributed by atoms with Gasteiger partial charge in [0.1, 0.15) is 17.5 Å². The summed E-state index contributed by atoms with van der Waals surface area (Å²) >= 11 is 0. The summed E-state index contributed by atoms with van der Waals surface area (Å²) in [7, 11) is 0. The molecule has 5 rings (SSSR count). The van der Waals surface area contributed by atoms with Crippen LogP contribution in [0.2, 0.25) is 0 Å². The van der Waals surface area contributed by atoms with E-state index in [2.05, 4.69) is 70.2 Å². The highest BCUT2D eigenvalue weighted by atomic mass is 19.1. The topological polar surface area (TPSA) is 31.5 Å². The molecule has 3 aromatic rings. The highest BCUT2D eigenvalue weighted by Crippen LogP contribution is 2.39. The first-order valence-corrected chi connectivity index (χ1v) is 12.9. The number of fused-ring (bicyclic) bond motifs is 3. The molecule has 0 amide bonds. The molecule has 0 spiro atoms. The van der Waals surface area contributed by atoms with Crippen molar-refractivity contribution in [2.45, 2.75) is 65.3 Å². The molecule has 1 saturated heterocycles. The molecule has 184 valence electrons. The number of halogens is 1. The van der Waals surface area contributed by atoms with Crippen LogP contribution in [-0.4, -0.2) is 59.3 Å². The van der Waals surface area contributed by atoms with Crippen LogP contribution < -0.4 is 4.74 Å². The lowest BCUT2D eigenvalue weighted by Crippen LogP contribution is -2.53. The summed E-state index contributed by atoms with van der Waals surface area (Å²) in [5, 5.41) is 1.29. The summed E-state index contributed by atoms with van der Waals surface area (Å²) in [4.78, 5) is 8.37. The quantitative estimate of drug-likeness (QED) is 0.440. The maximum atomic E-state index is 14.7. The summed E-state index contributed by atoms with van der Waals surface area (Å²) < 4.78 is 20.9. The lowest BCUT2D eigenvalue weighted by Gasteiger charge is -2.39. The molecular weight excluding hydrogens is 425 g/mol. The predicted octanol–water partition coefficient (Wildman–Crippen LogP) is 6.36. The molecule has 5 heteroatoms. The summed E-state index contributed by atoms with van der Waals surface area (Å²) in [6.07, 6.45) is 2.40. The van der Waals surface area contributed by atoms with Crippen molar-refractivity contribution in [3.63, 3.8) is 0 Å². The zero-order valence-electron chi connectivity index (χ0n) is 21.4. The van der Waals surface area contributed by atoms with Gasteiger partial charge in [0.25, 0.3) is 0 Å². The third-order valence-electron chi connectivity index (χ3n) is 6.68. The fraction of sp³-hybridized carbons (Fsp3) is 0.517. The zero-order chi connectivity index (χ0) is 24.3. The zero-order valence-corrected chi connectivity index (χ0v) is 21.4. The minimum atomic E-state index is -1.25. The van der Waals surface area contributed by atoms with Crippen molar-refractivity contribution in [3.05, 3.63) is 65.4 Å². The van der Waals surface area contributed by atoms with Crippen LogP contribution in [0, 0.1) is 0 Å². The Morgan fingerprint density at radius 1 is 1.06 bits per heavy atom. The summed E-state index contributed by atoms with van der Waals surface area (Å²) in [5.41, 5.74) is 3.65. The Morgan fingerprint density at radius 2 is 1.76 bits per heavy atom. The third-order valence-corrected chi connectivity index (χ3v) is 6.68. The van der Waals surface area contributed by atoms with Crippen molar-refractivity contribution >= 4 is 10.9 Å². The molecule has 2 aromatic carbocycles. The Hall–Kier alpha value is -2.37. The molecule has 0 saturated carbocycles. The van der Waals surface area contributed by atoms with Gasteiger partial charge < -0.3 is 9.72 Å². The van der Waals surface area contributed by atoms with Gasteiger partial charge in [-0.3, -0.25) is 9.80 Å². The average Bonchev–Trinajstić information content (AvgIpc) is 3.17. The van der Waals surface area contributed by atoms with E-state index in [1.807, 2.05) is 13.8 Å². The van der Waals surface area contributed by atoms with Crippen molar-refractivity contribution in [2.75, 3.05) is 32.7 Å². The van der Waals surface area contributed by atoms with Crippen LogP contribution in [0.15, 0.2) is 48.5 Å². The van der Waals surface area contributed by atoms with E-state index in [0.717, 1.165) is 43.9 Å². The van der Waals surface area contributed by atoms with E-state index in [4.69, 9.17) is 4.74 Å². The smallest absolute Gasteiger partial charge is 0.124 e. The molecule has 1 atom stereocenters. The van der Waals surface area contributed by atoms with E-state index in [9.17, 15) is 4.39 Å². The normalized spacial score (nSPS) is 19.3. The van der Waals surface area contributed by atoms with Crippen molar-refractivity contribution in [1.29, 1.82) is 0 Å². The van der Waals surface area contributed by atoms with E-state index in [1.165, 1.54) is 28.6 Å². The van der Waals surface area contributed by atoms with Gasteiger partial charge in [0.05, 0.1) is 6.04 Å². The molecule has 0 aliphatic carbocycles. The number of alkyl halides is 1. The second-order valence-electron chi connectivity index (χ2n) is 9.97. The summed E-state index contributed by atoms with van der Waals surface area (Å²) in [5.74, 6) is 0.917. The van der Waals surface area contributed by atoms with Crippen LogP contribution in [0.5, 0.6) is 5.75 Å². The van der Waals surface area contributed by atoms with Crippen molar-refractivity contribution in [3.8, 4) is 5.75 Å². The van der Waals surface area contributed by atoms with Crippen LogP contribution in [0.1, 0.15) is 63.9 Å². The van der Waals surface area contributed by atoms with E-state index >= 15 is 0 Å². The van der Waals surface area contributed by atoms with Crippen LogP contribution in [0.3, 0.4) is 0 Å². The van der Waals surface area contributed by atoms with Gasteiger partial charge in [0.2, 0.25) is 0 Å². The van der Waals surface area contributed by atoms with Crippen LogP contribution in [0.25, 0.3) is 10.9 Å². The number of rotatable bonds is 7. The number of aromatic amines is 1. The molecular formula is C29H40FN3O. The molecule has 3 heterocycles. The Balaban J connectivity index is 0.00000133. The maximum Gasteiger partial charge on any atom is 0.124 e. The van der Waals surface area contributed by atoms with Gasteiger partial charge in [0.15, 0.2) is 0 Å². The van der Waals surface area contributed by atoms with Gasteiger partial charge in [-0.1, -0.05) is 51.1 Å². The Kier molecular flexibility index (Phi) is 7.63. The number of hydrogen-bond acceptors (Lipinski definition) is 3. The van der Waals surface area contributed by atoms with E-state index < -0.39 is 5.67 Å². The van der Waals surface area contributed by atoms with Crippen molar-refractivity contribution in [1.82, 2.24) is 14.8 Å². The van der Waals surface area contributed by atoms with Gasteiger partial charge in [0, 0.05) is 42.8 Å². The number of para-hydroxylation sites is 1. The van der Waals surface area contributed by atoms with Gasteiger partial charge in [-0.25, -0.2) is 4.39 Å². The minimum Gasteiger partial charge on any atom is -0.488 e. The summed E-state index contributed by atoms with van der Waals surface area (Å²) in [6.45, 7) is 14.0. The van der Waals surface area contributed by atoms with E-state index in [-0.39, 0.29) is 12.1 Å². The van der Waals surface area contributed by atoms with E-state index in [1.54, 1.807) is 13.8 Å². The molecule has 1 N–H and O–H groups in total. The second kappa shape index (κ2) is 10.5. The Morgan fingerprint density at radius 3 is 2.44 bits per heavy atom. The predicted molar refractivity (Wildman–Crippen MR) is 140 cm³/mol. The van der Waals surface area contributed by atoms with Gasteiger partial charge in [-0.15, -0.1) is 0 Å². The van der Waals surface area contributed by atoms with Gasteiger partial charge in [-0.05, 0) is 62.6 Å². The van der Waals surface area contributed by atoms with Crippen molar-refractivity contribution < 1.29 is 9.13 Å². The highest BCUT2D eigenvalue weighted by molar-refractivity contribution is 5.85.